The van der Waals surface area contributed by atoms with Gasteiger partial charge in [0.2, 0.25) is 11.6 Å². The summed E-state index contributed by atoms with van der Waals surface area (Å²) in [6.45, 7) is 0. The van der Waals surface area contributed by atoms with Gasteiger partial charge in [-0.25, -0.2) is 0 Å². The van der Waals surface area contributed by atoms with Crippen LogP contribution in [0, 0.1) is 0 Å². The fourth-order valence-electron chi connectivity index (χ4n) is 2.71. The van der Waals surface area contributed by atoms with Gasteiger partial charge < -0.3 is 0 Å². The van der Waals surface area contributed by atoms with Gasteiger partial charge in [-0.2, -0.15) is 0 Å². The zero-order valence-corrected chi connectivity index (χ0v) is 15.2. The summed E-state index contributed by atoms with van der Waals surface area (Å²) in [5, 5.41) is 0. The third-order valence-corrected chi connectivity index (χ3v) is 4.46. The molecule has 2 nitrogen and oxygen atoms in total. The maximum Gasteiger partial charge on any atom is 0.233 e. The maximum absolute atomic E-state index is 12.6. The van der Waals surface area contributed by atoms with Gasteiger partial charge in [0.1, 0.15) is 0 Å². The van der Waals surface area contributed by atoms with Crippen molar-refractivity contribution >= 4 is 27.5 Å². The standard InChI is InChI=1S/C22H17BrO2/c23-20-14-17(12-11-16-7-3-1-4-8-16)13-19(15-20)22(25)21(24)18-9-5-2-6-10-18/h1-10,13-15H,11-12H2. The molecule has 3 rings (SSSR count). The lowest BCUT2D eigenvalue weighted by Crippen LogP contribution is -2.14. The molecule has 0 aliphatic carbocycles. The van der Waals surface area contributed by atoms with Gasteiger partial charge in [-0.1, -0.05) is 76.6 Å². The molecule has 3 aromatic rings. The summed E-state index contributed by atoms with van der Waals surface area (Å²) in [7, 11) is 0. The molecule has 0 spiro atoms. The van der Waals surface area contributed by atoms with Crippen LogP contribution in [-0.2, 0) is 12.8 Å². The van der Waals surface area contributed by atoms with E-state index < -0.39 is 11.6 Å². The zero-order valence-electron chi connectivity index (χ0n) is 13.6. The second-order valence-corrected chi connectivity index (χ2v) is 6.77. The summed E-state index contributed by atoms with van der Waals surface area (Å²) in [6, 6.07) is 24.4. The number of aryl methyl sites for hydroxylation is 2. The monoisotopic (exact) mass is 392 g/mol. The SMILES string of the molecule is O=C(C(=O)c1cc(Br)cc(CCc2ccccc2)c1)c1ccccc1. The first-order valence-electron chi connectivity index (χ1n) is 8.11. The van der Waals surface area contributed by atoms with Crippen molar-refractivity contribution in [3.05, 3.63) is 106 Å². The van der Waals surface area contributed by atoms with Gasteiger partial charge in [0.25, 0.3) is 0 Å². The summed E-state index contributed by atoms with van der Waals surface area (Å²) in [6.07, 6.45) is 1.70. The molecule has 0 unspecified atom stereocenters. The average molecular weight is 393 g/mol. The van der Waals surface area contributed by atoms with E-state index in [-0.39, 0.29) is 0 Å². The molecular formula is C22H17BrO2. The van der Waals surface area contributed by atoms with Crippen molar-refractivity contribution in [1.82, 2.24) is 0 Å². The summed E-state index contributed by atoms with van der Waals surface area (Å²) in [4.78, 5) is 24.9. The first-order valence-corrected chi connectivity index (χ1v) is 8.90. The van der Waals surface area contributed by atoms with Gasteiger partial charge in [0.05, 0.1) is 0 Å². The van der Waals surface area contributed by atoms with E-state index in [9.17, 15) is 9.59 Å². The summed E-state index contributed by atoms with van der Waals surface area (Å²) in [5.41, 5.74) is 3.11. The number of hydrogen-bond acceptors (Lipinski definition) is 2. The lowest BCUT2D eigenvalue weighted by atomic mass is 9.98. The van der Waals surface area contributed by atoms with Gasteiger partial charge in [0, 0.05) is 15.6 Å². The molecule has 3 aromatic carbocycles. The molecule has 0 N–H and O–H groups in total. The van der Waals surface area contributed by atoms with Crippen LogP contribution in [0.1, 0.15) is 31.8 Å². The lowest BCUT2D eigenvalue weighted by Gasteiger charge is -2.07. The Hall–Kier alpha value is -2.52. The van der Waals surface area contributed by atoms with Crippen molar-refractivity contribution in [3.63, 3.8) is 0 Å². The normalized spacial score (nSPS) is 10.4. The Morgan fingerprint density at radius 3 is 1.88 bits per heavy atom. The molecule has 0 aromatic heterocycles. The van der Waals surface area contributed by atoms with Crippen molar-refractivity contribution in [2.75, 3.05) is 0 Å². The second-order valence-electron chi connectivity index (χ2n) is 5.86. The predicted molar refractivity (Wildman–Crippen MR) is 103 cm³/mol. The first kappa shape index (κ1) is 17.3. The molecule has 0 radical (unpaired) electrons. The number of benzene rings is 3. The molecule has 0 fully saturated rings. The maximum atomic E-state index is 12.6. The number of halogens is 1. The molecule has 0 heterocycles. The van der Waals surface area contributed by atoms with Crippen LogP contribution in [0.15, 0.2) is 83.3 Å². The van der Waals surface area contributed by atoms with Crippen molar-refractivity contribution in [3.8, 4) is 0 Å². The highest BCUT2D eigenvalue weighted by Crippen LogP contribution is 2.19. The van der Waals surface area contributed by atoms with Crippen molar-refractivity contribution in [1.29, 1.82) is 0 Å². The van der Waals surface area contributed by atoms with E-state index in [1.807, 2.05) is 36.4 Å². The van der Waals surface area contributed by atoms with Gasteiger partial charge in [-0.3, -0.25) is 9.59 Å². The molecule has 0 saturated carbocycles. The van der Waals surface area contributed by atoms with E-state index in [0.717, 1.165) is 22.9 Å². The Bertz CT molecular complexity index is 886. The topological polar surface area (TPSA) is 34.1 Å². The van der Waals surface area contributed by atoms with Crippen LogP contribution in [0.4, 0.5) is 0 Å². The Morgan fingerprint density at radius 2 is 1.20 bits per heavy atom. The summed E-state index contributed by atoms with van der Waals surface area (Å²) >= 11 is 3.45. The van der Waals surface area contributed by atoms with Crippen LogP contribution in [0.2, 0.25) is 0 Å². The van der Waals surface area contributed by atoms with Crippen molar-refractivity contribution in [2.24, 2.45) is 0 Å². The van der Waals surface area contributed by atoms with Crippen LogP contribution in [0.3, 0.4) is 0 Å². The van der Waals surface area contributed by atoms with Gasteiger partial charge in [-0.15, -0.1) is 0 Å². The molecule has 0 aliphatic rings. The smallest absolute Gasteiger partial charge is 0.233 e. The zero-order chi connectivity index (χ0) is 17.6. The highest BCUT2D eigenvalue weighted by Gasteiger charge is 2.19. The minimum absolute atomic E-state index is 0.415. The molecule has 3 heteroatoms. The Morgan fingerprint density at radius 1 is 0.640 bits per heavy atom. The van der Waals surface area contributed by atoms with Crippen LogP contribution in [0.25, 0.3) is 0 Å². The number of ketones is 2. The number of carbonyl (C=O) groups is 2. The molecule has 124 valence electrons. The van der Waals surface area contributed by atoms with E-state index in [1.165, 1.54) is 5.56 Å². The van der Waals surface area contributed by atoms with Crippen LogP contribution in [0.5, 0.6) is 0 Å². The van der Waals surface area contributed by atoms with Crippen molar-refractivity contribution in [2.45, 2.75) is 12.8 Å². The minimum atomic E-state index is -0.479. The fraction of sp³-hybridized carbons (Fsp3) is 0.0909. The van der Waals surface area contributed by atoms with Crippen molar-refractivity contribution < 1.29 is 9.59 Å². The van der Waals surface area contributed by atoms with E-state index in [0.29, 0.717) is 11.1 Å². The first-order chi connectivity index (χ1) is 12.1. The summed E-state index contributed by atoms with van der Waals surface area (Å²) < 4.78 is 0.808. The average Bonchev–Trinajstić information content (AvgIpc) is 2.66. The summed E-state index contributed by atoms with van der Waals surface area (Å²) in [5.74, 6) is -0.957. The third-order valence-electron chi connectivity index (χ3n) is 4.01. The highest BCUT2D eigenvalue weighted by atomic mass is 79.9. The Labute approximate surface area is 155 Å². The van der Waals surface area contributed by atoms with E-state index in [2.05, 4.69) is 28.1 Å². The minimum Gasteiger partial charge on any atom is -0.285 e. The molecule has 0 atom stereocenters. The van der Waals surface area contributed by atoms with Gasteiger partial charge in [0.15, 0.2) is 0 Å². The fourth-order valence-corrected chi connectivity index (χ4v) is 3.25. The molecule has 25 heavy (non-hydrogen) atoms. The molecule has 0 saturated heterocycles. The second kappa shape index (κ2) is 8.04. The molecule has 0 bridgehead atoms. The van der Waals surface area contributed by atoms with Crippen LogP contribution < -0.4 is 0 Å². The van der Waals surface area contributed by atoms with E-state index >= 15 is 0 Å². The molecular weight excluding hydrogens is 376 g/mol. The van der Waals surface area contributed by atoms with E-state index in [4.69, 9.17) is 0 Å². The predicted octanol–water partition coefficient (Wildman–Crippen LogP) is 5.30. The largest absolute Gasteiger partial charge is 0.285 e. The number of rotatable bonds is 6. The van der Waals surface area contributed by atoms with E-state index in [1.54, 1.807) is 30.3 Å². The Kier molecular flexibility index (Phi) is 5.56. The third kappa shape index (κ3) is 4.52. The van der Waals surface area contributed by atoms with Crippen LogP contribution >= 0.6 is 15.9 Å². The molecule has 0 aliphatic heterocycles. The number of hydrogen-bond donors (Lipinski definition) is 0. The number of carbonyl (C=O) groups excluding carboxylic acids is 2. The Balaban J connectivity index is 1.79. The quantitative estimate of drug-likeness (QED) is 0.421. The van der Waals surface area contributed by atoms with Crippen LogP contribution in [-0.4, -0.2) is 11.6 Å². The highest BCUT2D eigenvalue weighted by molar-refractivity contribution is 9.10. The lowest BCUT2D eigenvalue weighted by molar-refractivity contribution is 0.0817. The van der Waals surface area contributed by atoms with Gasteiger partial charge >= 0.3 is 0 Å². The molecule has 0 amide bonds. The number of Topliss-reactive ketones (excluding diaryl/α,β-unsaturated/α-hetero) is 2. The van der Waals surface area contributed by atoms with Gasteiger partial charge in [-0.05, 0) is 42.2 Å².